The second-order valence-corrected chi connectivity index (χ2v) is 13.0. The molecule has 0 saturated heterocycles. The zero-order valence-corrected chi connectivity index (χ0v) is 26.7. The summed E-state index contributed by atoms with van der Waals surface area (Å²) in [4.78, 5) is 44.7. The van der Waals surface area contributed by atoms with Crippen LogP contribution in [0.25, 0.3) is 16.3 Å². The van der Waals surface area contributed by atoms with E-state index >= 15 is 0 Å². The van der Waals surface area contributed by atoms with Gasteiger partial charge in [-0.2, -0.15) is 0 Å². The highest BCUT2D eigenvalue weighted by molar-refractivity contribution is 8.00. The minimum Gasteiger partial charge on any atom is -0.321 e. The summed E-state index contributed by atoms with van der Waals surface area (Å²) < 4.78 is 1.01. The van der Waals surface area contributed by atoms with Crippen LogP contribution in [-0.2, 0) is 9.59 Å². The first-order valence-electron chi connectivity index (χ1n) is 13.4. The van der Waals surface area contributed by atoms with Crippen LogP contribution in [0.2, 0.25) is 10.0 Å². The SMILES string of the molecule is Cc1ccc2nc(NC(=O)C(C)Sc3cccc(NC(=O)/C(=C\c4cccc(Cl)c4Cl)NC(=O)c4ccccc4)c3)sc2c1. The van der Waals surface area contributed by atoms with Gasteiger partial charge in [0.15, 0.2) is 5.13 Å². The van der Waals surface area contributed by atoms with Crippen LogP contribution in [0.3, 0.4) is 0 Å². The number of thiazole rings is 1. The molecule has 3 N–H and O–H groups in total. The number of halogens is 2. The highest BCUT2D eigenvalue weighted by Gasteiger charge is 2.19. The van der Waals surface area contributed by atoms with E-state index in [0.29, 0.717) is 27.0 Å². The second kappa shape index (κ2) is 14.1. The van der Waals surface area contributed by atoms with Gasteiger partial charge in [-0.1, -0.05) is 77.0 Å². The van der Waals surface area contributed by atoms with E-state index in [1.807, 2.05) is 31.2 Å². The van der Waals surface area contributed by atoms with Gasteiger partial charge in [-0.3, -0.25) is 14.4 Å². The van der Waals surface area contributed by atoms with E-state index in [2.05, 4.69) is 20.9 Å². The van der Waals surface area contributed by atoms with Crippen LogP contribution in [0.15, 0.2) is 102 Å². The van der Waals surface area contributed by atoms with Gasteiger partial charge in [0.25, 0.3) is 11.8 Å². The number of benzene rings is 4. The number of hydrogen-bond acceptors (Lipinski definition) is 6. The van der Waals surface area contributed by atoms with E-state index in [1.165, 1.54) is 29.2 Å². The second-order valence-electron chi connectivity index (χ2n) is 9.74. The molecule has 0 aliphatic heterocycles. The number of aromatic nitrogens is 1. The van der Waals surface area contributed by atoms with Crippen molar-refractivity contribution in [3.8, 4) is 0 Å². The molecule has 1 atom stereocenters. The number of aryl methyl sites for hydroxylation is 1. The number of fused-ring (bicyclic) bond motifs is 1. The molecule has 44 heavy (non-hydrogen) atoms. The van der Waals surface area contributed by atoms with E-state index in [9.17, 15) is 14.4 Å². The molecule has 5 aromatic rings. The standard InChI is InChI=1S/C33H26Cl2N4O3S2/c1-19-14-15-26-28(16-19)44-33(38-26)39-30(40)20(2)43-24-12-7-11-23(18-24)36-32(42)27(17-22-10-6-13-25(34)29(22)35)37-31(41)21-8-4-3-5-9-21/h3-18,20H,1-2H3,(H,36,42)(H,37,41)(H,38,39,40)/b27-17+. The maximum absolute atomic E-state index is 13.5. The van der Waals surface area contributed by atoms with E-state index in [0.717, 1.165) is 20.7 Å². The first-order valence-corrected chi connectivity index (χ1v) is 15.9. The summed E-state index contributed by atoms with van der Waals surface area (Å²) in [6, 6.07) is 26.6. The Morgan fingerprint density at radius 3 is 2.48 bits per heavy atom. The zero-order chi connectivity index (χ0) is 31.2. The lowest BCUT2D eigenvalue weighted by atomic mass is 10.1. The lowest BCUT2D eigenvalue weighted by Crippen LogP contribution is -2.30. The average Bonchev–Trinajstić information content (AvgIpc) is 3.40. The molecule has 11 heteroatoms. The smallest absolute Gasteiger partial charge is 0.272 e. The molecule has 0 fully saturated rings. The van der Waals surface area contributed by atoms with Gasteiger partial charge in [-0.05, 0) is 79.6 Å². The van der Waals surface area contributed by atoms with Crippen molar-refractivity contribution >= 4 is 91.1 Å². The Kier molecular flexibility index (Phi) is 10.0. The topological polar surface area (TPSA) is 100 Å². The maximum Gasteiger partial charge on any atom is 0.272 e. The fourth-order valence-electron chi connectivity index (χ4n) is 4.13. The highest BCUT2D eigenvalue weighted by atomic mass is 35.5. The molecular weight excluding hydrogens is 635 g/mol. The molecule has 3 amide bonds. The number of carbonyl (C=O) groups is 3. The molecule has 4 aromatic carbocycles. The average molecular weight is 662 g/mol. The fraction of sp³-hybridized carbons (Fsp3) is 0.0909. The molecule has 0 bridgehead atoms. The van der Waals surface area contributed by atoms with Gasteiger partial charge < -0.3 is 16.0 Å². The number of hydrogen-bond donors (Lipinski definition) is 3. The van der Waals surface area contributed by atoms with E-state index in [-0.39, 0.29) is 16.6 Å². The maximum atomic E-state index is 13.5. The molecule has 0 radical (unpaired) electrons. The molecule has 222 valence electrons. The Morgan fingerprint density at radius 1 is 0.909 bits per heavy atom. The normalized spacial score (nSPS) is 12.0. The van der Waals surface area contributed by atoms with Crippen LogP contribution in [0.4, 0.5) is 10.8 Å². The minimum absolute atomic E-state index is 0.0279. The summed E-state index contributed by atoms with van der Waals surface area (Å²) in [7, 11) is 0. The fourth-order valence-corrected chi connectivity index (χ4v) is 6.38. The molecule has 0 aliphatic carbocycles. The molecule has 1 aromatic heterocycles. The Balaban J connectivity index is 1.30. The summed E-state index contributed by atoms with van der Waals surface area (Å²) in [5, 5.41) is 9.10. The van der Waals surface area contributed by atoms with Crippen molar-refractivity contribution in [1.82, 2.24) is 10.3 Å². The largest absolute Gasteiger partial charge is 0.321 e. The Labute approximate surface area is 272 Å². The Morgan fingerprint density at radius 2 is 1.68 bits per heavy atom. The quantitative estimate of drug-likeness (QED) is 0.109. The van der Waals surface area contributed by atoms with Crippen molar-refractivity contribution in [3.63, 3.8) is 0 Å². The van der Waals surface area contributed by atoms with Crippen molar-refractivity contribution < 1.29 is 14.4 Å². The van der Waals surface area contributed by atoms with Crippen LogP contribution >= 0.6 is 46.3 Å². The van der Waals surface area contributed by atoms with Gasteiger partial charge in [-0.15, -0.1) is 11.8 Å². The van der Waals surface area contributed by atoms with Crippen molar-refractivity contribution in [2.24, 2.45) is 0 Å². The third-order valence-electron chi connectivity index (χ3n) is 6.36. The molecular formula is C33H26Cl2N4O3S2. The number of amides is 3. The third kappa shape index (κ3) is 7.86. The van der Waals surface area contributed by atoms with Crippen LogP contribution in [0.1, 0.15) is 28.4 Å². The Bertz CT molecular complexity index is 1890. The van der Waals surface area contributed by atoms with Crippen molar-refractivity contribution in [2.45, 2.75) is 24.0 Å². The predicted molar refractivity (Wildman–Crippen MR) is 182 cm³/mol. The lowest BCUT2D eigenvalue weighted by molar-refractivity contribution is -0.115. The third-order valence-corrected chi connectivity index (χ3v) is 9.22. The van der Waals surface area contributed by atoms with Crippen LogP contribution in [-0.4, -0.2) is 28.0 Å². The van der Waals surface area contributed by atoms with E-state index in [4.69, 9.17) is 23.2 Å². The minimum atomic E-state index is -0.565. The number of nitrogens with zero attached hydrogens (tertiary/aromatic N) is 1. The first-order chi connectivity index (χ1) is 21.2. The van der Waals surface area contributed by atoms with Crippen LogP contribution < -0.4 is 16.0 Å². The van der Waals surface area contributed by atoms with Crippen molar-refractivity contribution in [2.75, 3.05) is 10.6 Å². The molecule has 0 spiro atoms. The van der Waals surface area contributed by atoms with Gasteiger partial charge in [0.1, 0.15) is 5.70 Å². The molecule has 0 saturated carbocycles. The number of anilines is 2. The summed E-state index contributed by atoms with van der Waals surface area (Å²) >= 11 is 15.3. The monoisotopic (exact) mass is 660 g/mol. The van der Waals surface area contributed by atoms with E-state index in [1.54, 1.807) is 73.7 Å². The molecule has 1 heterocycles. The summed E-state index contributed by atoms with van der Waals surface area (Å²) in [5.41, 5.74) is 3.26. The van der Waals surface area contributed by atoms with Gasteiger partial charge >= 0.3 is 0 Å². The summed E-state index contributed by atoms with van der Waals surface area (Å²) in [6.45, 7) is 3.82. The van der Waals surface area contributed by atoms with Crippen LogP contribution in [0.5, 0.6) is 0 Å². The number of rotatable bonds is 9. The van der Waals surface area contributed by atoms with Gasteiger partial charge in [0.05, 0.1) is 25.5 Å². The Hall–Kier alpha value is -4.15. The van der Waals surface area contributed by atoms with E-state index < -0.39 is 17.1 Å². The zero-order valence-electron chi connectivity index (χ0n) is 23.6. The lowest BCUT2D eigenvalue weighted by Gasteiger charge is -2.14. The molecule has 1 unspecified atom stereocenters. The van der Waals surface area contributed by atoms with Gasteiger partial charge in [0, 0.05) is 16.1 Å². The number of carbonyl (C=O) groups excluding carboxylic acids is 3. The number of thioether (sulfide) groups is 1. The first kappa shape index (κ1) is 31.3. The molecule has 0 aliphatic rings. The van der Waals surface area contributed by atoms with Crippen molar-refractivity contribution in [3.05, 3.63) is 123 Å². The summed E-state index contributed by atoms with van der Waals surface area (Å²) in [5.74, 6) is -1.21. The van der Waals surface area contributed by atoms with Gasteiger partial charge in [0.2, 0.25) is 5.91 Å². The van der Waals surface area contributed by atoms with Gasteiger partial charge in [-0.25, -0.2) is 4.98 Å². The van der Waals surface area contributed by atoms with Crippen LogP contribution in [0, 0.1) is 6.92 Å². The predicted octanol–water partition coefficient (Wildman–Crippen LogP) is 8.44. The molecule has 5 rings (SSSR count). The highest BCUT2D eigenvalue weighted by Crippen LogP contribution is 2.30. The summed E-state index contributed by atoms with van der Waals surface area (Å²) in [6.07, 6.45) is 1.47. The molecule has 7 nitrogen and oxygen atoms in total. The van der Waals surface area contributed by atoms with Crippen molar-refractivity contribution in [1.29, 1.82) is 0 Å². The number of nitrogens with one attached hydrogen (secondary N) is 3.